The van der Waals surface area contributed by atoms with Gasteiger partial charge in [-0.1, -0.05) is 0 Å². The first kappa shape index (κ1) is 15.8. The van der Waals surface area contributed by atoms with Crippen LogP contribution in [-0.2, 0) is 12.8 Å². The first-order chi connectivity index (χ1) is 12.7. The molecule has 0 fully saturated rings. The van der Waals surface area contributed by atoms with Gasteiger partial charge in [-0.3, -0.25) is 4.90 Å². The van der Waals surface area contributed by atoms with Crippen molar-refractivity contribution in [2.75, 3.05) is 34.6 Å². The van der Waals surface area contributed by atoms with Gasteiger partial charge < -0.3 is 18.9 Å². The van der Waals surface area contributed by atoms with Gasteiger partial charge in [0.15, 0.2) is 23.0 Å². The molecule has 5 nitrogen and oxygen atoms in total. The maximum atomic E-state index is 5.86. The SMILES string of the molecule is COc1cc2c3c(c1OC)-c1cc4c(cc1CC[C@@H]3N(C)CC2)OCO4. The molecule has 0 radical (unpaired) electrons. The topological polar surface area (TPSA) is 40.2 Å². The van der Waals surface area contributed by atoms with Crippen LogP contribution < -0.4 is 18.9 Å². The molecule has 26 heavy (non-hydrogen) atoms. The molecule has 2 aromatic carbocycles. The normalized spacial score (nSPS) is 20.2. The zero-order valence-corrected chi connectivity index (χ0v) is 15.4. The molecule has 0 spiro atoms. The average molecular weight is 353 g/mol. The number of aryl methyl sites for hydroxylation is 1. The van der Waals surface area contributed by atoms with E-state index in [4.69, 9.17) is 18.9 Å². The lowest BCUT2D eigenvalue weighted by Gasteiger charge is -2.36. The van der Waals surface area contributed by atoms with Crippen molar-refractivity contribution in [2.45, 2.75) is 25.3 Å². The van der Waals surface area contributed by atoms with E-state index in [1.807, 2.05) is 0 Å². The molecule has 3 aliphatic rings. The molecule has 0 amide bonds. The molecule has 5 rings (SSSR count). The molecule has 2 aromatic rings. The molecule has 1 atom stereocenters. The minimum atomic E-state index is 0.289. The predicted octanol–water partition coefficient (Wildman–Crippen LogP) is 3.57. The lowest BCUT2D eigenvalue weighted by Crippen LogP contribution is -2.32. The lowest BCUT2D eigenvalue weighted by atomic mass is 9.85. The van der Waals surface area contributed by atoms with Gasteiger partial charge in [0.2, 0.25) is 6.79 Å². The van der Waals surface area contributed by atoms with Crippen LogP contribution in [0.4, 0.5) is 0 Å². The van der Waals surface area contributed by atoms with Crippen LogP contribution in [0, 0.1) is 0 Å². The molecule has 0 saturated carbocycles. The molecule has 0 aromatic heterocycles. The number of likely N-dealkylation sites (N-methyl/N-ethyl adjacent to an activating group) is 1. The van der Waals surface area contributed by atoms with E-state index < -0.39 is 0 Å². The fourth-order valence-electron chi connectivity index (χ4n) is 4.67. The minimum Gasteiger partial charge on any atom is -0.493 e. The van der Waals surface area contributed by atoms with Crippen molar-refractivity contribution in [1.29, 1.82) is 0 Å². The Hall–Kier alpha value is -2.40. The summed E-state index contributed by atoms with van der Waals surface area (Å²) in [6, 6.07) is 6.81. The highest BCUT2D eigenvalue weighted by Crippen LogP contribution is 2.53. The predicted molar refractivity (Wildman–Crippen MR) is 98.5 cm³/mol. The minimum absolute atomic E-state index is 0.289. The van der Waals surface area contributed by atoms with Gasteiger partial charge in [-0.2, -0.15) is 0 Å². The highest BCUT2D eigenvalue weighted by molar-refractivity contribution is 5.84. The van der Waals surface area contributed by atoms with Gasteiger partial charge in [-0.25, -0.2) is 0 Å². The number of methoxy groups -OCH3 is 2. The maximum Gasteiger partial charge on any atom is 0.231 e. The van der Waals surface area contributed by atoms with Gasteiger partial charge in [0, 0.05) is 18.2 Å². The fourth-order valence-corrected chi connectivity index (χ4v) is 4.67. The first-order valence-corrected chi connectivity index (χ1v) is 9.12. The molecular weight excluding hydrogens is 330 g/mol. The summed E-state index contributed by atoms with van der Waals surface area (Å²) in [7, 11) is 5.65. The molecule has 0 N–H and O–H groups in total. The number of hydrogen-bond donors (Lipinski definition) is 0. The van der Waals surface area contributed by atoms with E-state index in [1.54, 1.807) is 14.2 Å². The van der Waals surface area contributed by atoms with Gasteiger partial charge in [0.05, 0.1) is 14.2 Å². The standard InChI is InChI=1S/C21H23NO4/c1-22-7-6-13-9-18(23-2)21(24-3)20-14-10-17-16(25-11-26-17)8-12(14)4-5-15(22)19(13)20/h8-10,15H,4-7,11H2,1-3H3/t15-/m0/s1. The van der Waals surface area contributed by atoms with Crippen molar-refractivity contribution in [3.63, 3.8) is 0 Å². The third-order valence-corrected chi connectivity index (χ3v) is 5.95. The summed E-state index contributed by atoms with van der Waals surface area (Å²) in [5, 5.41) is 0. The Bertz CT molecular complexity index is 892. The zero-order valence-electron chi connectivity index (χ0n) is 15.4. The van der Waals surface area contributed by atoms with Crippen LogP contribution in [0.25, 0.3) is 11.1 Å². The summed E-state index contributed by atoms with van der Waals surface area (Å²) in [6.45, 7) is 1.35. The van der Waals surface area contributed by atoms with Crippen molar-refractivity contribution in [3.8, 4) is 34.1 Å². The Kier molecular flexibility index (Phi) is 3.54. The molecule has 0 bridgehead atoms. The Balaban J connectivity index is 1.85. The first-order valence-electron chi connectivity index (χ1n) is 9.12. The Morgan fingerprint density at radius 2 is 1.81 bits per heavy atom. The van der Waals surface area contributed by atoms with Crippen molar-refractivity contribution in [3.05, 3.63) is 34.9 Å². The highest BCUT2D eigenvalue weighted by Gasteiger charge is 2.35. The zero-order chi connectivity index (χ0) is 17.8. The maximum absolute atomic E-state index is 5.86. The van der Waals surface area contributed by atoms with Gasteiger partial charge in [-0.05, 0) is 66.8 Å². The van der Waals surface area contributed by atoms with Crippen molar-refractivity contribution < 1.29 is 18.9 Å². The van der Waals surface area contributed by atoms with E-state index in [9.17, 15) is 0 Å². The van der Waals surface area contributed by atoms with Gasteiger partial charge in [0.25, 0.3) is 0 Å². The summed E-state index contributed by atoms with van der Waals surface area (Å²) in [5.41, 5.74) is 6.37. The van der Waals surface area contributed by atoms with E-state index in [0.29, 0.717) is 6.04 Å². The largest absolute Gasteiger partial charge is 0.493 e. The van der Waals surface area contributed by atoms with E-state index >= 15 is 0 Å². The molecule has 2 heterocycles. The van der Waals surface area contributed by atoms with E-state index in [1.165, 1.54) is 22.3 Å². The summed E-state index contributed by atoms with van der Waals surface area (Å²) in [5.74, 6) is 3.27. The van der Waals surface area contributed by atoms with Crippen molar-refractivity contribution in [2.24, 2.45) is 0 Å². The van der Waals surface area contributed by atoms with E-state index in [0.717, 1.165) is 54.4 Å². The Morgan fingerprint density at radius 3 is 2.58 bits per heavy atom. The van der Waals surface area contributed by atoms with Crippen LogP contribution >= 0.6 is 0 Å². The number of ether oxygens (including phenoxy) is 4. The van der Waals surface area contributed by atoms with Crippen LogP contribution in [0.1, 0.15) is 29.2 Å². The molecule has 0 unspecified atom stereocenters. The number of benzene rings is 2. The van der Waals surface area contributed by atoms with E-state index in [-0.39, 0.29) is 6.79 Å². The second-order valence-electron chi connectivity index (χ2n) is 7.21. The third-order valence-electron chi connectivity index (χ3n) is 5.95. The molecular formula is C21H23NO4. The van der Waals surface area contributed by atoms with Gasteiger partial charge in [0.1, 0.15) is 0 Å². The lowest BCUT2D eigenvalue weighted by molar-refractivity contribution is 0.174. The Morgan fingerprint density at radius 1 is 1.00 bits per heavy atom. The molecule has 5 heteroatoms. The average Bonchev–Trinajstić information content (AvgIpc) is 3.05. The summed E-state index contributed by atoms with van der Waals surface area (Å²) >= 11 is 0. The van der Waals surface area contributed by atoms with Crippen LogP contribution in [-0.4, -0.2) is 39.5 Å². The van der Waals surface area contributed by atoms with Crippen molar-refractivity contribution in [1.82, 2.24) is 4.90 Å². The number of rotatable bonds is 2. The number of fused-ring (bicyclic) bond motifs is 3. The fraction of sp³-hybridized carbons (Fsp3) is 0.429. The van der Waals surface area contributed by atoms with Crippen LogP contribution in [0.5, 0.6) is 23.0 Å². The van der Waals surface area contributed by atoms with Crippen molar-refractivity contribution >= 4 is 0 Å². The monoisotopic (exact) mass is 353 g/mol. The molecule has 136 valence electrons. The van der Waals surface area contributed by atoms with Gasteiger partial charge >= 0.3 is 0 Å². The van der Waals surface area contributed by atoms with Gasteiger partial charge in [-0.15, -0.1) is 0 Å². The summed E-state index contributed by atoms with van der Waals surface area (Å²) in [6.07, 6.45) is 3.11. The number of hydrogen-bond acceptors (Lipinski definition) is 5. The molecule has 2 aliphatic heterocycles. The highest BCUT2D eigenvalue weighted by atomic mass is 16.7. The molecule has 1 aliphatic carbocycles. The number of nitrogens with zero attached hydrogens (tertiary/aromatic N) is 1. The van der Waals surface area contributed by atoms with Crippen LogP contribution in [0.15, 0.2) is 18.2 Å². The third kappa shape index (κ3) is 2.13. The second-order valence-corrected chi connectivity index (χ2v) is 7.21. The second kappa shape index (κ2) is 5.81. The quantitative estimate of drug-likeness (QED) is 0.825. The summed E-state index contributed by atoms with van der Waals surface area (Å²) in [4.78, 5) is 2.46. The Labute approximate surface area is 153 Å². The molecule has 0 saturated heterocycles. The summed E-state index contributed by atoms with van der Waals surface area (Å²) < 4.78 is 22.8. The van der Waals surface area contributed by atoms with Crippen LogP contribution in [0.3, 0.4) is 0 Å². The van der Waals surface area contributed by atoms with Crippen LogP contribution in [0.2, 0.25) is 0 Å². The smallest absolute Gasteiger partial charge is 0.231 e. The van der Waals surface area contributed by atoms with E-state index in [2.05, 4.69) is 30.1 Å².